The van der Waals surface area contributed by atoms with Crippen molar-refractivity contribution < 1.29 is 14.1 Å². The number of halogens is 1. The van der Waals surface area contributed by atoms with Crippen LogP contribution in [0.3, 0.4) is 0 Å². The fourth-order valence-electron chi connectivity index (χ4n) is 1.76. The number of nitrogens with one attached hydrogen (secondary N) is 1. The number of rotatable bonds is 6. The van der Waals surface area contributed by atoms with Crippen molar-refractivity contribution in [1.82, 2.24) is 5.43 Å². The van der Waals surface area contributed by atoms with E-state index < -0.39 is 4.92 Å². The van der Waals surface area contributed by atoms with E-state index >= 15 is 0 Å². The molecule has 1 heterocycles. The Labute approximate surface area is 150 Å². The first kappa shape index (κ1) is 18.2. The molecule has 0 aliphatic carbocycles. The summed E-state index contributed by atoms with van der Waals surface area (Å²) in [6, 6.07) is 6.65. The molecule has 0 saturated heterocycles. The maximum absolute atomic E-state index is 11.8. The lowest BCUT2D eigenvalue weighted by Gasteiger charge is -2.08. The fraction of sp³-hybridized carbons (Fsp3) is 0.200. The van der Waals surface area contributed by atoms with E-state index in [-0.39, 0.29) is 23.3 Å². The molecule has 24 heavy (non-hydrogen) atoms. The molecule has 9 heteroatoms. The summed E-state index contributed by atoms with van der Waals surface area (Å²) in [5.74, 6) is -0.261. The maximum Gasteiger partial charge on any atom is 0.433 e. The zero-order valence-electron chi connectivity index (χ0n) is 12.9. The quantitative estimate of drug-likeness (QED) is 0.337. The normalized spacial score (nSPS) is 11.0. The van der Waals surface area contributed by atoms with Crippen LogP contribution in [0.5, 0.6) is 0 Å². The first-order valence-electron chi connectivity index (χ1n) is 6.82. The predicted octanol–water partition coefficient (Wildman–Crippen LogP) is 3.81. The number of hydrogen-bond donors (Lipinski definition) is 1. The molecule has 1 amide bonds. The highest BCUT2D eigenvalue weighted by Gasteiger charge is 2.10. The van der Waals surface area contributed by atoms with Crippen molar-refractivity contribution in [2.45, 2.75) is 18.7 Å². The van der Waals surface area contributed by atoms with Gasteiger partial charge in [0.15, 0.2) is 5.76 Å². The molecule has 1 N–H and O–H groups in total. The number of nitro groups is 1. The van der Waals surface area contributed by atoms with Crippen LogP contribution >= 0.6 is 27.7 Å². The average Bonchev–Trinajstić information content (AvgIpc) is 2.99. The number of thioether (sulfide) groups is 1. The summed E-state index contributed by atoms with van der Waals surface area (Å²) in [6.07, 6.45) is 1.21. The Balaban J connectivity index is 1.86. The van der Waals surface area contributed by atoms with Gasteiger partial charge in [-0.15, -0.1) is 11.8 Å². The number of nitrogens with zero attached hydrogens (tertiary/aromatic N) is 2. The van der Waals surface area contributed by atoms with Crippen LogP contribution in [0.4, 0.5) is 5.88 Å². The van der Waals surface area contributed by atoms with E-state index in [1.165, 1.54) is 30.1 Å². The minimum atomic E-state index is -0.644. The third-order valence-corrected chi connectivity index (χ3v) is 5.00. The molecule has 1 aromatic heterocycles. The van der Waals surface area contributed by atoms with E-state index in [1.807, 2.05) is 26.0 Å². The van der Waals surface area contributed by atoms with E-state index in [4.69, 9.17) is 4.42 Å². The van der Waals surface area contributed by atoms with Crippen molar-refractivity contribution in [1.29, 1.82) is 0 Å². The number of aryl methyl sites for hydroxylation is 2. The van der Waals surface area contributed by atoms with Gasteiger partial charge in [-0.3, -0.25) is 14.9 Å². The van der Waals surface area contributed by atoms with E-state index in [2.05, 4.69) is 26.5 Å². The summed E-state index contributed by atoms with van der Waals surface area (Å²) in [5.41, 5.74) is 4.53. The lowest BCUT2D eigenvalue weighted by Crippen LogP contribution is -2.19. The largest absolute Gasteiger partial charge is 0.433 e. The molecule has 7 nitrogen and oxygen atoms in total. The molecule has 0 bridgehead atoms. The number of furan rings is 1. The van der Waals surface area contributed by atoms with Crippen molar-refractivity contribution in [3.05, 3.63) is 55.7 Å². The Morgan fingerprint density at radius 1 is 1.42 bits per heavy atom. The van der Waals surface area contributed by atoms with Crippen molar-refractivity contribution >= 4 is 45.7 Å². The topological polar surface area (TPSA) is 97.7 Å². The first-order chi connectivity index (χ1) is 11.4. The van der Waals surface area contributed by atoms with E-state index in [9.17, 15) is 14.9 Å². The molecule has 0 saturated carbocycles. The highest BCUT2D eigenvalue weighted by Crippen LogP contribution is 2.28. The second-order valence-electron chi connectivity index (χ2n) is 4.88. The van der Waals surface area contributed by atoms with Crippen molar-refractivity contribution in [3.8, 4) is 0 Å². The Kier molecular flexibility index (Phi) is 6.16. The van der Waals surface area contributed by atoms with Crippen LogP contribution in [0, 0.1) is 24.0 Å². The van der Waals surface area contributed by atoms with Gasteiger partial charge in [-0.05, 0) is 43.2 Å². The van der Waals surface area contributed by atoms with Gasteiger partial charge in [0.25, 0.3) is 0 Å². The van der Waals surface area contributed by atoms with Gasteiger partial charge in [-0.25, -0.2) is 5.43 Å². The second-order valence-corrected chi connectivity index (χ2v) is 6.75. The van der Waals surface area contributed by atoms with Gasteiger partial charge in [-0.2, -0.15) is 5.10 Å². The van der Waals surface area contributed by atoms with Crippen LogP contribution in [0.25, 0.3) is 0 Å². The summed E-state index contributed by atoms with van der Waals surface area (Å²) in [5, 5.41) is 14.2. The standard InChI is InChI=1S/C15H14BrN3O4S/c1-9-6-13(10(2)5-12(9)16)24-8-14(20)18-17-7-11-3-4-15(23-11)19(21)22/h3-7H,8H2,1-2H3,(H,18,20). The molecule has 1 aromatic carbocycles. The second kappa shape index (κ2) is 8.11. The van der Waals surface area contributed by atoms with Crippen LogP contribution < -0.4 is 5.43 Å². The third kappa shape index (κ3) is 4.93. The molecule has 0 atom stereocenters. The van der Waals surface area contributed by atoms with E-state index in [1.54, 1.807) is 0 Å². The molecule has 2 aromatic rings. The molecule has 0 aliphatic heterocycles. The van der Waals surface area contributed by atoms with Crippen molar-refractivity contribution in [2.24, 2.45) is 5.10 Å². The molecule has 0 fully saturated rings. The summed E-state index contributed by atoms with van der Waals surface area (Å²) < 4.78 is 5.92. The molecule has 2 rings (SSSR count). The molecule has 0 radical (unpaired) electrons. The maximum atomic E-state index is 11.8. The Bertz CT molecular complexity index is 804. The molecule has 126 valence electrons. The number of benzene rings is 1. The number of amides is 1. The van der Waals surface area contributed by atoms with Gasteiger partial charge in [0.2, 0.25) is 5.91 Å². The zero-order chi connectivity index (χ0) is 17.7. The van der Waals surface area contributed by atoms with Crippen LogP contribution in [0.2, 0.25) is 0 Å². The van der Waals surface area contributed by atoms with Crippen molar-refractivity contribution in [2.75, 3.05) is 5.75 Å². The SMILES string of the molecule is Cc1cc(SCC(=O)NN=Cc2ccc([N+](=O)[O-])o2)c(C)cc1Br. The van der Waals surface area contributed by atoms with Crippen LogP contribution in [-0.4, -0.2) is 22.8 Å². The third-order valence-electron chi connectivity index (χ3n) is 2.99. The molecule has 0 unspecified atom stereocenters. The number of carbonyl (C=O) groups excluding carboxylic acids is 1. The van der Waals surface area contributed by atoms with Gasteiger partial charge in [0.1, 0.15) is 4.92 Å². The number of hydrazone groups is 1. The summed E-state index contributed by atoms with van der Waals surface area (Å²) >= 11 is 4.88. The average molecular weight is 412 g/mol. The molecular weight excluding hydrogens is 398 g/mol. The van der Waals surface area contributed by atoms with Gasteiger partial charge in [-0.1, -0.05) is 15.9 Å². The van der Waals surface area contributed by atoms with E-state index in [0.717, 1.165) is 20.5 Å². The summed E-state index contributed by atoms with van der Waals surface area (Å²) in [7, 11) is 0. The lowest BCUT2D eigenvalue weighted by atomic mass is 10.2. The monoisotopic (exact) mass is 411 g/mol. The lowest BCUT2D eigenvalue weighted by molar-refractivity contribution is -0.402. The van der Waals surface area contributed by atoms with Gasteiger partial charge >= 0.3 is 5.88 Å². The highest BCUT2D eigenvalue weighted by atomic mass is 79.9. The fourth-order valence-corrected chi connectivity index (χ4v) is 3.12. The minimum absolute atomic E-state index is 0.189. The van der Waals surface area contributed by atoms with Crippen LogP contribution in [0.15, 0.2) is 43.2 Å². The van der Waals surface area contributed by atoms with Gasteiger partial charge in [0, 0.05) is 9.37 Å². The van der Waals surface area contributed by atoms with Crippen LogP contribution in [0.1, 0.15) is 16.9 Å². The van der Waals surface area contributed by atoms with Gasteiger partial charge in [0.05, 0.1) is 18.0 Å². The Morgan fingerprint density at radius 2 is 2.17 bits per heavy atom. The predicted molar refractivity (Wildman–Crippen MR) is 95.4 cm³/mol. The van der Waals surface area contributed by atoms with Gasteiger partial charge < -0.3 is 4.42 Å². The smallest absolute Gasteiger partial charge is 0.400 e. The first-order valence-corrected chi connectivity index (χ1v) is 8.60. The van der Waals surface area contributed by atoms with E-state index in [0.29, 0.717) is 0 Å². The summed E-state index contributed by atoms with van der Waals surface area (Å²) in [4.78, 5) is 22.7. The Hall–Kier alpha value is -2.13. The van der Waals surface area contributed by atoms with Crippen molar-refractivity contribution in [3.63, 3.8) is 0 Å². The molecule has 0 aliphatic rings. The Morgan fingerprint density at radius 3 is 2.83 bits per heavy atom. The zero-order valence-corrected chi connectivity index (χ0v) is 15.3. The summed E-state index contributed by atoms with van der Waals surface area (Å²) in [6.45, 7) is 3.97. The number of hydrogen-bond acceptors (Lipinski definition) is 6. The van der Waals surface area contributed by atoms with Crippen LogP contribution in [-0.2, 0) is 4.79 Å². The molecular formula is C15H14BrN3O4S. The minimum Gasteiger partial charge on any atom is -0.400 e. The highest BCUT2D eigenvalue weighted by molar-refractivity contribution is 9.10. The number of carbonyl (C=O) groups is 1. The molecule has 0 spiro atoms.